The Hall–Kier alpha value is -0.750. The first-order valence-corrected chi connectivity index (χ1v) is 7.93. The molecule has 0 bridgehead atoms. The van der Waals surface area contributed by atoms with Gasteiger partial charge in [0, 0.05) is 40.3 Å². The van der Waals surface area contributed by atoms with Crippen molar-refractivity contribution in [3.8, 4) is 0 Å². The first kappa shape index (κ1) is 17.3. The third kappa shape index (κ3) is 7.14. The average Bonchev–Trinajstić information content (AvgIpc) is 2.98. The molecular weight excluding hydrogens is 274 g/mol. The van der Waals surface area contributed by atoms with E-state index in [4.69, 9.17) is 9.47 Å². The van der Waals surface area contributed by atoms with Gasteiger partial charge in [-0.15, -0.1) is 11.3 Å². The third-order valence-corrected chi connectivity index (χ3v) is 4.02. The normalized spacial score (nSPS) is 11.2. The molecule has 114 valence electrons. The topological polar surface area (TPSA) is 38.8 Å². The first-order chi connectivity index (χ1) is 9.77. The molecule has 20 heavy (non-hydrogen) atoms. The SMILES string of the molecule is COCCCN(CCCC(=O)c1cccs1)CCOC. The van der Waals surface area contributed by atoms with Crippen molar-refractivity contribution in [1.29, 1.82) is 0 Å². The minimum Gasteiger partial charge on any atom is -0.385 e. The molecule has 1 rings (SSSR count). The quantitative estimate of drug-likeness (QED) is 0.439. The summed E-state index contributed by atoms with van der Waals surface area (Å²) in [6, 6.07) is 3.82. The highest BCUT2D eigenvalue weighted by molar-refractivity contribution is 7.12. The van der Waals surface area contributed by atoms with Crippen molar-refractivity contribution in [2.75, 3.05) is 47.1 Å². The fourth-order valence-electron chi connectivity index (χ4n) is 2.01. The van der Waals surface area contributed by atoms with Crippen LogP contribution in [0.1, 0.15) is 28.9 Å². The molecule has 0 saturated carbocycles. The third-order valence-electron chi connectivity index (χ3n) is 3.11. The lowest BCUT2D eigenvalue weighted by Gasteiger charge is -2.21. The maximum absolute atomic E-state index is 11.9. The van der Waals surface area contributed by atoms with Gasteiger partial charge in [-0.3, -0.25) is 4.79 Å². The molecule has 1 heterocycles. The Labute approximate surface area is 125 Å². The number of carbonyl (C=O) groups is 1. The van der Waals surface area contributed by atoms with Gasteiger partial charge in [-0.1, -0.05) is 6.07 Å². The molecule has 1 aromatic rings. The van der Waals surface area contributed by atoms with Crippen LogP contribution >= 0.6 is 11.3 Å². The largest absolute Gasteiger partial charge is 0.385 e. The summed E-state index contributed by atoms with van der Waals surface area (Å²) in [6.07, 6.45) is 2.53. The Kier molecular flexibility index (Phi) is 9.49. The summed E-state index contributed by atoms with van der Waals surface area (Å²) >= 11 is 1.52. The van der Waals surface area contributed by atoms with Crippen LogP contribution in [-0.4, -0.2) is 57.8 Å². The van der Waals surface area contributed by atoms with Gasteiger partial charge in [0.2, 0.25) is 0 Å². The summed E-state index contributed by atoms with van der Waals surface area (Å²) in [5, 5.41) is 1.95. The monoisotopic (exact) mass is 299 g/mol. The number of Topliss-reactive ketones (excluding diaryl/α,β-unsaturated/α-hetero) is 1. The van der Waals surface area contributed by atoms with Crippen molar-refractivity contribution in [2.45, 2.75) is 19.3 Å². The number of rotatable bonds is 12. The van der Waals surface area contributed by atoms with Gasteiger partial charge in [-0.05, 0) is 30.8 Å². The second-order valence-electron chi connectivity index (χ2n) is 4.68. The highest BCUT2D eigenvalue weighted by Crippen LogP contribution is 2.12. The van der Waals surface area contributed by atoms with Crippen LogP contribution in [0, 0.1) is 0 Å². The van der Waals surface area contributed by atoms with E-state index >= 15 is 0 Å². The molecule has 0 amide bonds. The van der Waals surface area contributed by atoms with Gasteiger partial charge in [0.1, 0.15) is 0 Å². The Balaban J connectivity index is 2.24. The van der Waals surface area contributed by atoms with Gasteiger partial charge in [0.05, 0.1) is 11.5 Å². The van der Waals surface area contributed by atoms with E-state index in [1.807, 2.05) is 17.5 Å². The van der Waals surface area contributed by atoms with Crippen LogP contribution in [0.3, 0.4) is 0 Å². The van der Waals surface area contributed by atoms with Crippen LogP contribution in [0.25, 0.3) is 0 Å². The smallest absolute Gasteiger partial charge is 0.172 e. The van der Waals surface area contributed by atoms with Crippen LogP contribution in [0.5, 0.6) is 0 Å². The Bertz CT molecular complexity index is 354. The molecule has 0 aliphatic rings. The maximum Gasteiger partial charge on any atom is 0.172 e. The predicted molar refractivity (Wildman–Crippen MR) is 82.7 cm³/mol. The Morgan fingerprint density at radius 3 is 2.55 bits per heavy atom. The summed E-state index contributed by atoms with van der Waals surface area (Å²) in [7, 11) is 3.44. The standard InChI is InChI=1S/C15H25NO3S/c1-18-11-5-9-16(10-12-19-2)8-3-6-14(17)15-7-4-13-20-15/h4,7,13H,3,5-6,8-12H2,1-2H3. The van der Waals surface area contributed by atoms with Crippen LogP contribution in [0.15, 0.2) is 17.5 Å². The molecule has 0 saturated heterocycles. The Morgan fingerprint density at radius 2 is 1.90 bits per heavy atom. The molecule has 0 N–H and O–H groups in total. The lowest BCUT2D eigenvalue weighted by Crippen LogP contribution is -2.30. The van der Waals surface area contributed by atoms with E-state index in [9.17, 15) is 4.79 Å². The van der Waals surface area contributed by atoms with E-state index in [-0.39, 0.29) is 5.78 Å². The minimum atomic E-state index is 0.253. The number of hydrogen-bond donors (Lipinski definition) is 0. The van der Waals surface area contributed by atoms with E-state index in [1.165, 1.54) is 11.3 Å². The number of ketones is 1. The van der Waals surface area contributed by atoms with Gasteiger partial charge >= 0.3 is 0 Å². The number of ether oxygens (including phenoxy) is 2. The highest BCUT2D eigenvalue weighted by Gasteiger charge is 2.09. The molecule has 0 spiro atoms. The van der Waals surface area contributed by atoms with Crippen LogP contribution < -0.4 is 0 Å². The molecule has 0 unspecified atom stereocenters. The zero-order chi connectivity index (χ0) is 14.6. The first-order valence-electron chi connectivity index (χ1n) is 7.05. The molecule has 0 fully saturated rings. The molecule has 4 nitrogen and oxygen atoms in total. The molecule has 0 aromatic carbocycles. The number of nitrogens with zero attached hydrogens (tertiary/aromatic N) is 1. The summed E-state index contributed by atoms with van der Waals surface area (Å²) in [5.41, 5.74) is 0. The van der Waals surface area contributed by atoms with Crippen molar-refractivity contribution in [3.05, 3.63) is 22.4 Å². The number of thiophene rings is 1. The average molecular weight is 299 g/mol. The summed E-state index contributed by atoms with van der Waals surface area (Å²) < 4.78 is 10.2. The zero-order valence-corrected chi connectivity index (χ0v) is 13.3. The summed E-state index contributed by atoms with van der Waals surface area (Å²) in [6.45, 7) is 4.34. The van der Waals surface area contributed by atoms with Crippen molar-refractivity contribution < 1.29 is 14.3 Å². The predicted octanol–water partition coefficient (Wildman–Crippen LogP) is 2.70. The van der Waals surface area contributed by atoms with E-state index in [2.05, 4.69) is 4.90 Å². The molecule has 0 radical (unpaired) electrons. The van der Waals surface area contributed by atoms with Gasteiger partial charge in [-0.2, -0.15) is 0 Å². The van der Waals surface area contributed by atoms with E-state index in [1.54, 1.807) is 14.2 Å². The summed E-state index contributed by atoms with van der Waals surface area (Å²) in [4.78, 5) is 15.1. The molecular formula is C15H25NO3S. The van der Waals surface area contributed by atoms with E-state index < -0.39 is 0 Å². The van der Waals surface area contributed by atoms with Crippen LogP contribution in [0.2, 0.25) is 0 Å². The van der Waals surface area contributed by atoms with Crippen molar-refractivity contribution in [1.82, 2.24) is 4.90 Å². The maximum atomic E-state index is 11.9. The molecule has 0 atom stereocenters. The number of carbonyl (C=O) groups excluding carboxylic acids is 1. The number of methoxy groups -OCH3 is 2. The summed E-state index contributed by atoms with van der Waals surface area (Å²) in [5.74, 6) is 0.253. The Morgan fingerprint density at radius 1 is 1.15 bits per heavy atom. The van der Waals surface area contributed by atoms with E-state index in [0.29, 0.717) is 6.42 Å². The van der Waals surface area contributed by atoms with Gasteiger partial charge in [-0.25, -0.2) is 0 Å². The van der Waals surface area contributed by atoms with Crippen LogP contribution in [0.4, 0.5) is 0 Å². The second kappa shape index (κ2) is 11.0. The minimum absolute atomic E-state index is 0.253. The fraction of sp³-hybridized carbons (Fsp3) is 0.667. The van der Waals surface area contributed by atoms with Crippen LogP contribution in [-0.2, 0) is 9.47 Å². The van der Waals surface area contributed by atoms with Gasteiger partial charge < -0.3 is 14.4 Å². The fourth-order valence-corrected chi connectivity index (χ4v) is 2.71. The lowest BCUT2D eigenvalue weighted by molar-refractivity contribution is 0.0970. The molecule has 0 aliphatic carbocycles. The van der Waals surface area contributed by atoms with Gasteiger partial charge in [0.25, 0.3) is 0 Å². The lowest BCUT2D eigenvalue weighted by atomic mass is 10.2. The van der Waals surface area contributed by atoms with Crippen molar-refractivity contribution in [2.24, 2.45) is 0 Å². The van der Waals surface area contributed by atoms with E-state index in [0.717, 1.165) is 50.6 Å². The zero-order valence-electron chi connectivity index (χ0n) is 12.5. The molecule has 0 aliphatic heterocycles. The second-order valence-corrected chi connectivity index (χ2v) is 5.63. The highest BCUT2D eigenvalue weighted by atomic mass is 32.1. The van der Waals surface area contributed by atoms with Crippen molar-refractivity contribution in [3.63, 3.8) is 0 Å². The molecule has 1 aromatic heterocycles. The number of hydrogen-bond acceptors (Lipinski definition) is 5. The van der Waals surface area contributed by atoms with Gasteiger partial charge in [0.15, 0.2) is 5.78 Å². The molecule has 5 heteroatoms. The van der Waals surface area contributed by atoms with Crippen molar-refractivity contribution >= 4 is 17.1 Å².